The number of halogens is 3. The second kappa shape index (κ2) is 10.6. The molecule has 7 nitrogen and oxygen atoms in total. The Morgan fingerprint density at radius 2 is 1.64 bits per heavy atom. The van der Waals surface area contributed by atoms with E-state index in [1.165, 1.54) is 10.6 Å². The van der Waals surface area contributed by atoms with Gasteiger partial charge in [0.05, 0.1) is 22.2 Å². The van der Waals surface area contributed by atoms with Crippen LogP contribution >= 0.6 is 23.1 Å². The number of thioether (sulfide) groups is 1. The Morgan fingerprint density at radius 3 is 2.36 bits per heavy atom. The van der Waals surface area contributed by atoms with Crippen LogP contribution in [0.15, 0.2) is 88.7 Å². The van der Waals surface area contributed by atoms with Gasteiger partial charge in [0, 0.05) is 16.5 Å². The van der Waals surface area contributed by atoms with Gasteiger partial charge in [-0.25, -0.2) is 4.90 Å². The smallest absolute Gasteiger partial charge is 0.324 e. The minimum absolute atomic E-state index is 0.167. The number of thiazole rings is 1. The van der Waals surface area contributed by atoms with Gasteiger partial charge in [-0.15, -0.1) is 0 Å². The summed E-state index contributed by atoms with van der Waals surface area (Å²) in [6.07, 6.45) is -4.66. The van der Waals surface area contributed by atoms with Crippen molar-refractivity contribution in [3.05, 3.63) is 110 Å². The van der Waals surface area contributed by atoms with Crippen molar-refractivity contribution in [3.8, 4) is 0 Å². The second-order valence-corrected chi connectivity index (χ2v) is 12.1. The highest BCUT2D eigenvalue weighted by atomic mass is 32.2. The molecule has 1 saturated heterocycles. The van der Waals surface area contributed by atoms with Crippen LogP contribution in [0.4, 0.5) is 24.5 Å². The monoisotopic (exact) mass is 609 g/mol. The third-order valence-electron chi connectivity index (χ3n) is 7.36. The van der Waals surface area contributed by atoms with Crippen molar-refractivity contribution in [2.75, 3.05) is 10.2 Å². The first-order valence-corrected chi connectivity index (χ1v) is 14.6. The number of alkyl halides is 3. The van der Waals surface area contributed by atoms with Crippen molar-refractivity contribution in [1.29, 1.82) is 0 Å². The van der Waals surface area contributed by atoms with Crippen molar-refractivity contribution in [2.45, 2.75) is 35.8 Å². The number of hydrogen-bond acceptors (Lipinski definition) is 6. The number of aromatic nitrogens is 1. The summed E-state index contributed by atoms with van der Waals surface area (Å²) in [4.78, 5) is 54.8. The topological polar surface area (TPSA) is 88.5 Å². The van der Waals surface area contributed by atoms with Crippen LogP contribution in [0.3, 0.4) is 0 Å². The van der Waals surface area contributed by atoms with Gasteiger partial charge in [-0.2, -0.15) is 13.2 Å². The standard InChI is InChI=1S/C30H22F3N3O4S2/c1-16-8-5-6-13-20(16)34-21(37)15-35-28-25(42-29(35)40)22(17-9-3-2-4-10-17)23-24(41-28)27(39)36(26(23)38)19-12-7-11-18(14-19)30(31,32)33/h2-14,22-24H,15H2,1H3,(H,34,37)/t22-,23?,24?/m1/s1. The molecule has 2 aliphatic heterocycles. The molecule has 3 aromatic carbocycles. The second-order valence-electron chi connectivity index (χ2n) is 10.00. The van der Waals surface area contributed by atoms with Gasteiger partial charge in [0.1, 0.15) is 11.8 Å². The summed E-state index contributed by atoms with van der Waals surface area (Å²) in [5.41, 5.74) is 0.980. The zero-order chi connectivity index (χ0) is 29.8. The first-order valence-electron chi connectivity index (χ1n) is 12.9. The summed E-state index contributed by atoms with van der Waals surface area (Å²) in [6, 6.07) is 20.2. The summed E-state index contributed by atoms with van der Waals surface area (Å²) in [5.74, 6) is -3.42. The van der Waals surface area contributed by atoms with E-state index >= 15 is 0 Å². The summed E-state index contributed by atoms with van der Waals surface area (Å²) in [7, 11) is 0. The average Bonchev–Trinajstić information content (AvgIpc) is 3.40. The number of anilines is 2. The molecule has 2 unspecified atom stereocenters. The zero-order valence-electron chi connectivity index (χ0n) is 21.9. The molecule has 0 radical (unpaired) electrons. The Bertz CT molecular complexity index is 1780. The fourth-order valence-electron chi connectivity index (χ4n) is 5.40. The first-order chi connectivity index (χ1) is 20.0. The molecule has 0 spiro atoms. The summed E-state index contributed by atoms with van der Waals surface area (Å²) < 4.78 is 41.7. The minimum atomic E-state index is -4.66. The predicted octanol–water partition coefficient (Wildman–Crippen LogP) is 5.67. The van der Waals surface area contributed by atoms with E-state index in [4.69, 9.17) is 0 Å². The fraction of sp³-hybridized carbons (Fsp3) is 0.200. The van der Waals surface area contributed by atoms with E-state index in [0.717, 1.165) is 51.8 Å². The van der Waals surface area contributed by atoms with Crippen molar-refractivity contribution < 1.29 is 27.6 Å². The molecule has 42 heavy (non-hydrogen) atoms. The number of amides is 3. The zero-order valence-corrected chi connectivity index (χ0v) is 23.6. The molecule has 1 N–H and O–H groups in total. The lowest BCUT2D eigenvalue weighted by Crippen LogP contribution is -2.33. The molecule has 3 amide bonds. The number of hydrogen-bond donors (Lipinski definition) is 1. The highest BCUT2D eigenvalue weighted by Crippen LogP contribution is 2.54. The molecule has 1 fully saturated rings. The van der Waals surface area contributed by atoms with Crippen LogP contribution in [0.25, 0.3) is 0 Å². The largest absolute Gasteiger partial charge is 0.416 e. The molecule has 3 heterocycles. The average molecular weight is 610 g/mol. The van der Waals surface area contributed by atoms with Gasteiger partial charge < -0.3 is 5.32 Å². The number of carbonyl (C=O) groups excluding carboxylic acids is 3. The molecule has 1 aromatic heterocycles. The Morgan fingerprint density at radius 1 is 0.929 bits per heavy atom. The van der Waals surface area contributed by atoms with E-state index in [1.807, 2.05) is 19.1 Å². The molecule has 0 saturated carbocycles. The summed E-state index contributed by atoms with van der Waals surface area (Å²) in [5, 5.41) is 2.19. The van der Waals surface area contributed by atoms with Gasteiger partial charge in [0.15, 0.2) is 0 Å². The highest BCUT2D eigenvalue weighted by molar-refractivity contribution is 8.00. The van der Waals surface area contributed by atoms with Crippen molar-refractivity contribution >= 4 is 52.2 Å². The Kier molecular flexibility index (Phi) is 7.06. The molecule has 2 aliphatic rings. The van der Waals surface area contributed by atoms with Gasteiger partial charge in [-0.3, -0.25) is 23.7 Å². The van der Waals surface area contributed by atoms with Crippen molar-refractivity contribution in [1.82, 2.24) is 4.57 Å². The van der Waals surface area contributed by atoms with Crippen LogP contribution in [0.1, 0.15) is 27.5 Å². The van der Waals surface area contributed by atoms with Crippen LogP contribution in [0.2, 0.25) is 0 Å². The van der Waals surface area contributed by atoms with Crippen LogP contribution in [-0.2, 0) is 27.1 Å². The predicted molar refractivity (Wildman–Crippen MR) is 154 cm³/mol. The number of para-hydroxylation sites is 1. The lowest BCUT2D eigenvalue weighted by Gasteiger charge is -2.30. The molecule has 0 aliphatic carbocycles. The number of benzene rings is 3. The number of carbonyl (C=O) groups is 3. The van der Waals surface area contributed by atoms with Crippen molar-refractivity contribution in [3.63, 3.8) is 0 Å². The maximum atomic E-state index is 13.9. The van der Waals surface area contributed by atoms with E-state index < -0.39 is 51.4 Å². The fourth-order valence-corrected chi connectivity index (χ4v) is 8.17. The summed E-state index contributed by atoms with van der Waals surface area (Å²) >= 11 is 1.91. The molecular formula is C30H22F3N3O4S2. The molecule has 3 atom stereocenters. The maximum absolute atomic E-state index is 13.9. The Hall–Kier alpha value is -4.16. The number of fused-ring (bicyclic) bond motifs is 2. The summed E-state index contributed by atoms with van der Waals surface area (Å²) in [6.45, 7) is 1.53. The Balaban J connectivity index is 1.40. The van der Waals surface area contributed by atoms with Gasteiger partial charge in [0.25, 0.3) is 0 Å². The van der Waals surface area contributed by atoms with E-state index in [1.54, 1.807) is 42.5 Å². The molecular weight excluding hydrogens is 587 g/mol. The maximum Gasteiger partial charge on any atom is 0.416 e. The van der Waals surface area contributed by atoms with Gasteiger partial charge in [-0.05, 0) is 42.3 Å². The van der Waals surface area contributed by atoms with Gasteiger partial charge >= 0.3 is 11.0 Å². The van der Waals surface area contributed by atoms with Crippen LogP contribution in [0.5, 0.6) is 0 Å². The van der Waals surface area contributed by atoms with E-state index in [-0.39, 0.29) is 12.2 Å². The third kappa shape index (κ3) is 4.84. The lowest BCUT2D eigenvalue weighted by atomic mass is 9.83. The third-order valence-corrected chi connectivity index (χ3v) is 9.96. The molecule has 6 rings (SSSR count). The van der Waals surface area contributed by atoms with Crippen LogP contribution < -0.4 is 15.1 Å². The quantitative estimate of drug-likeness (QED) is 0.295. The molecule has 214 valence electrons. The number of nitrogens with zero attached hydrogens (tertiary/aromatic N) is 2. The molecule has 0 bridgehead atoms. The highest BCUT2D eigenvalue weighted by Gasteiger charge is 2.57. The lowest BCUT2D eigenvalue weighted by molar-refractivity contribution is -0.137. The minimum Gasteiger partial charge on any atom is -0.324 e. The van der Waals surface area contributed by atoms with Crippen LogP contribution in [-0.4, -0.2) is 27.5 Å². The van der Waals surface area contributed by atoms with Crippen LogP contribution in [0, 0.1) is 12.8 Å². The number of imide groups is 1. The van der Waals surface area contributed by atoms with E-state index in [0.29, 0.717) is 21.2 Å². The first kappa shape index (κ1) is 28.0. The molecule has 4 aromatic rings. The van der Waals surface area contributed by atoms with Gasteiger partial charge in [-0.1, -0.05) is 77.7 Å². The number of nitrogens with one attached hydrogen (secondary N) is 1. The normalized spacial score (nSPS) is 19.9. The number of rotatable bonds is 5. The number of aryl methyl sites for hydroxylation is 1. The Labute approximate surface area is 246 Å². The van der Waals surface area contributed by atoms with E-state index in [2.05, 4.69) is 5.32 Å². The van der Waals surface area contributed by atoms with E-state index in [9.17, 15) is 32.3 Å². The van der Waals surface area contributed by atoms with Crippen molar-refractivity contribution in [2.24, 2.45) is 5.92 Å². The molecule has 12 heteroatoms. The SMILES string of the molecule is Cc1ccccc1NC(=O)Cn1c2c(sc1=O)[C@H](c1ccccc1)C1C(=O)N(c3cccc(C(F)(F)F)c3)C(=O)C1S2. The van der Waals surface area contributed by atoms with Gasteiger partial charge in [0.2, 0.25) is 17.7 Å².